The Balaban J connectivity index is 1.75. The zero-order valence-corrected chi connectivity index (χ0v) is 16.3. The number of hydrogen-bond donors (Lipinski definition) is 3. The van der Waals surface area contributed by atoms with Crippen molar-refractivity contribution in [3.63, 3.8) is 0 Å². The maximum absolute atomic E-state index is 12.6. The van der Waals surface area contributed by atoms with E-state index in [0.29, 0.717) is 22.5 Å². The molecule has 4 rings (SSSR count). The number of fused-ring (bicyclic) bond motifs is 1. The molecule has 1 aromatic heterocycles. The molecule has 1 aliphatic heterocycles. The lowest BCUT2D eigenvalue weighted by Gasteiger charge is -2.07. The summed E-state index contributed by atoms with van der Waals surface area (Å²) in [5.74, 6) is -0.439. The minimum Gasteiger partial charge on any atom is -0.497 e. The number of carboxylic acid groups (broad SMARTS) is 1. The molecule has 0 radical (unpaired) electrons. The van der Waals surface area contributed by atoms with Crippen LogP contribution >= 0.6 is 0 Å². The fourth-order valence-corrected chi connectivity index (χ4v) is 3.70. The third kappa shape index (κ3) is 3.18. The molecular formula is C23H20N2O4. The number of H-pyrrole nitrogens is 1. The first-order valence-corrected chi connectivity index (χ1v) is 9.13. The molecule has 3 aromatic rings. The minimum atomic E-state index is -0.986. The molecular weight excluding hydrogens is 368 g/mol. The zero-order valence-electron chi connectivity index (χ0n) is 16.3. The summed E-state index contributed by atoms with van der Waals surface area (Å²) in [6.07, 6.45) is 1.71. The number of aromatic amines is 1. The van der Waals surface area contributed by atoms with E-state index in [-0.39, 0.29) is 11.5 Å². The lowest BCUT2D eigenvalue weighted by Crippen LogP contribution is -2.03. The molecule has 2 heterocycles. The zero-order chi connectivity index (χ0) is 20.7. The number of aromatic carboxylic acids is 1. The summed E-state index contributed by atoms with van der Waals surface area (Å²) < 4.78 is 5.28. The van der Waals surface area contributed by atoms with Crippen LogP contribution in [0.15, 0.2) is 42.5 Å². The molecule has 0 bridgehead atoms. The van der Waals surface area contributed by atoms with Crippen LogP contribution in [-0.4, -0.2) is 29.1 Å². The maximum atomic E-state index is 12.6. The van der Waals surface area contributed by atoms with E-state index in [1.54, 1.807) is 27.0 Å². The van der Waals surface area contributed by atoms with Gasteiger partial charge in [0.05, 0.1) is 18.2 Å². The van der Waals surface area contributed by atoms with Crippen molar-refractivity contribution in [1.29, 1.82) is 0 Å². The lowest BCUT2D eigenvalue weighted by molar-refractivity contribution is -0.110. The van der Waals surface area contributed by atoms with Gasteiger partial charge in [-0.05, 0) is 54.8 Å². The Hall–Kier alpha value is -3.80. The summed E-state index contributed by atoms with van der Waals surface area (Å²) in [4.78, 5) is 27.1. The molecule has 3 N–H and O–H groups in total. The molecule has 6 heteroatoms. The van der Waals surface area contributed by atoms with Crippen LogP contribution in [0.3, 0.4) is 0 Å². The van der Waals surface area contributed by atoms with Crippen molar-refractivity contribution in [2.45, 2.75) is 13.8 Å². The number of amides is 1. The largest absolute Gasteiger partial charge is 0.497 e. The second kappa shape index (κ2) is 6.98. The van der Waals surface area contributed by atoms with Gasteiger partial charge in [-0.3, -0.25) is 4.79 Å². The highest BCUT2D eigenvalue weighted by molar-refractivity contribution is 6.35. The van der Waals surface area contributed by atoms with E-state index in [1.807, 2.05) is 42.5 Å². The van der Waals surface area contributed by atoms with Gasteiger partial charge in [-0.1, -0.05) is 24.3 Å². The number of hydrogen-bond acceptors (Lipinski definition) is 3. The summed E-state index contributed by atoms with van der Waals surface area (Å²) in [5.41, 5.74) is 5.99. The van der Waals surface area contributed by atoms with Crippen LogP contribution < -0.4 is 10.1 Å². The first-order valence-electron chi connectivity index (χ1n) is 9.13. The van der Waals surface area contributed by atoms with E-state index >= 15 is 0 Å². The van der Waals surface area contributed by atoms with Crippen LogP contribution in [-0.2, 0) is 4.79 Å². The van der Waals surface area contributed by atoms with Crippen molar-refractivity contribution in [1.82, 2.24) is 4.98 Å². The predicted octanol–water partition coefficient (Wildman–Crippen LogP) is 4.50. The van der Waals surface area contributed by atoms with Gasteiger partial charge in [0.1, 0.15) is 5.75 Å². The fraction of sp³-hybridized carbons (Fsp3) is 0.130. The molecule has 29 heavy (non-hydrogen) atoms. The van der Waals surface area contributed by atoms with Crippen molar-refractivity contribution in [3.05, 3.63) is 70.5 Å². The van der Waals surface area contributed by atoms with Gasteiger partial charge < -0.3 is 20.1 Å². The topological polar surface area (TPSA) is 91.4 Å². The molecule has 1 aliphatic rings. The number of carbonyl (C=O) groups is 2. The second-order valence-electron chi connectivity index (χ2n) is 6.97. The highest BCUT2D eigenvalue weighted by atomic mass is 16.5. The molecule has 0 saturated heterocycles. The number of methoxy groups -OCH3 is 1. The van der Waals surface area contributed by atoms with Gasteiger partial charge in [0.15, 0.2) is 0 Å². The van der Waals surface area contributed by atoms with Crippen LogP contribution in [0, 0.1) is 13.8 Å². The van der Waals surface area contributed by atoms with Crippen molar-refractivity contribution in [3.8, 4) is 16.9 Å². The molecule has 2 aromatic carbocycles. The number of anilines is 1. The smallest absolute Gasteiger partial charge is 0.337 e. The van der Waals surface area contributed by atoms with Crippen LogP contribution in [0.5, 0.6) is 5.75 Å². The summed E-state index contributed by atoms with van der Waals surface area (Å²) in [6.45, 7) is 3.44. The van der Waals surface area contributed by atoms with Gasteiger partial charge >= 0.3 is 5.97 Å². The third-order valence-electron chi connectivity index (χ3n) is 5.18. The predicted molar refractivity (Wildman–Crippen MR) is 112 cm³/mol. The van der Waals surface area contributed by atoms with Gasteiger partial charge in [-0.15, -0.1) is 0 Å². The highest BCUT2D eigenvalue weighted by Crippen LogP contribution is 2.37. The number of aryl methyl sites for hydroxylation is 1. The molecule has 0 fully saturated rings. The molecule has 0 unspecified atom stereocenters. The van der Waals surface area contributed by atoms with Gasteiger partial charge in [-0.25, -0.2) is 4.79 Å². The first-order chi connectivity index (χ1) is 13.9. The fourth-order valence-electron chi connectivity index (χ4n) is 3.70. The number of ether oxygens (including phenoxy) is 1. The Morgan fingerprint density at radius 2 is 1.86 bits per heavy atom. The van der Waals surface area contributed by atoms with E-state index < -0.39 is 5.97 Å². The van der Waals surface area contributed by atoms with Crippen LogP contribution in [0.25, 0.3) is 22.8 Å². The first kappa shape index (κ1) is 18.6. The molecule has 146 valence electrons. The third-order valence-corrected chi connectivity index (χ3v) is 5.18. The van der Waals surface area contributed by atoms with Crippen molar-refractivity contribution >= 4 is 29.2 Å². The molecule has 0 saturated carbocycles. The van der Waals surface area contributed by atoms with Gasteiger partial charge in [-0.2, -0.15) is 0 Å². The summed E-state index contributed by atoms with van der Waals surface area (Å²) in [6, 6.07) is 13.5. The quantitative estimate of drug-likeness (QED) is 0.574. The summed E-state index contributed by atoms with van der Waals surface area (Å²) >= 11 is 0. The molecule has 1 amide bonds. The van der Waals surface area contributed by atoms with E-state index in [4.69, 9.17) is 4.74 Å². The van der Waals surface area contributed by atoms with Crippen LogP contribution in [0.4, 0.5) is 5.69 Å². The van der Waals surface area contributed by atoms with E-state index in [2.05, 4.69) is 10.3 Å². The minimum absolute atomic E-state index is 0.216. The average molecular weight is 388 g/mol. The van der Waals surface area contributed by atoms with Crippen molar-refractivity contribution in [2.24, 2.45) is 0 Å². The standard InChI is InChI=1S/C23H20N2O4/c1-12-19(24-13(2)21(12)23(27)28)11-18-17-8-7-15(10-20(17)25-22(18)26)14-5-4-6-16(9-14)29-3/h4-11,24H,1-3H3,(H,25,26)(H,27,28)/b18-11-. The number of carbonyl (C=O) groups excluding carboxylic acids is 1. The SMILES string of the molecule is COc1cccc(-c2ccc3c(c2)NC(=O)/C3=C\c2[nH]c(C)c(C(=O)O)c2C)c1. The Morgan fingerprint density at radius 3 is 2.55 bits per heavy atom. The van der Waals surface area contributed by atoms with Crippen molar-refractivity contribution < 1.29 is 19.4 Å². The Morgan fingerprint density at radius 1 is 1.10 bits per heavy atom. The number of benzene rings is 2. The molecule has 6 nitrogen and oxygen atoms in total. The Kier molecular flexibility index (Phi) is 4.47. The van der Waals surface area contributed by atoms with Gasteiger partial charge in [0.2, 0.25) is 0 Å². The van der Waals surface area contributed by atoms with E-state index in [1.165, 1.54) is 0 Å². The number of carboxylic acids is 1. The summed E-state index contributed by atoms with van der Waals surface area (Å²) in [7, 11) is 1.62. The van der Waals surface area contributed by atoms with E-state index in [0.717, 1.165) is 28.1 Å². The van der Waals surface area contributed by atoms with E-state index in [9.17, 15) is 14.7 Å². The second-order valence-corrected chi connectivity index (χ2v) is 6.97. The lowest BCUT2D eigenvalue weighted by atomic mass is 9.99. The average Bonchev–Trinajstić information content (AvgIpc) is 3.16. The van der Waals surface area contributed by atoms with Crippen LogP contribution in [0.2, 0.25) is 0 Å². The van der Waals surface area contributed by atoms with Gasteiger partial charge in [0, 0.05) is 22.6 Å². The molecule has 0 spiro atoms. The maximum Gasteiger partial charge on any atom is 0.337 e. The Bertz CT molecular complexity index is 1190. The number of nitrogens with one attached hydrogen (secondary N) is 2. The molecule has 0 aliphatic carbocycles. The van der Waals surface area contributed by atoms with Crippen LogP contribution in [0.1, 0.15) is 32.9 Å². The number of rotatable bonds is 4. The Labute approximate surface area is 167 Å². The normalized spacial score (nSPS) is 14.0. The van der Waals surface area contributed by atoms with Gasteiger partial charge in [0.25, 0.3) is 5.91 Å². The number of aromatic nitrogens is 1. The summed E-state index contributed by atoms with van der Waals surface area (Å²) in [5, 5.41) is 12.3. The monoisotopic (exact) mass is 388 g/mol. The highest BCUT2D eigenvalue weighted by Gasteiger charge is 2.26. The van der Waals surface area contributed by atoms with Crippen molar-refractivity contribution in [2.75, 3.05) is 12.4 Å². The molecule has 0 atom stereocenters.